The summed E-state index contributed by atoms with van der Waals surface area (Å²) in [5.74, 6) is 0.393. The Balaban J connectivity index is 2.42. The molecule has 1 heterocycles. The van der Waals surface area contributed by atoms with E-state index in [1.54, 1.807) is 0 Å². The van der Waals surface area contributed by atoms with Crippen molar-refractivity contribution >= 4 is 23.3 Å². The minimum Gasteiger partial charge on any atom is -0.386 e. The predicted molar refractivity (Wildman–Crippen MR) is 62.7 cm³/mol. The summed E-state index contributed by atoms with van der Waals surface area (Å²) >= 11 is 1.46. The highest BCUT2D eigenvalue weighted by Gasteiger charge is 2.32. The number of hydrogen-bond acceptors (Lipinski definition) is 3. The van der Waals surface area contributed by atoms with Crippen molar-refractivity contribution in [1.29, 1.82) is 0 Å². The van der Waals surface area contributed by atoms with E-state index >= 15 is 0 Å². The van der Waals surface area contributed by atoms with Crippen molar-refractivity contribution in [2.45, 2.75) is 29.7 Å². The van der Waals surface area contributed by atoms with Crippen molar-refractivity contribution < 1.29 is 13.2 Å². The van der Waals surface area contributed by atoms with Crippen molar-refractivity contribution in [2.24, 2.45) is 10.7 Å². The maximum atomic E-state index is 12.5. The van der Waals surface area contributed by atoms with Crippen LogP contribution in [0.5, 0.6) is 0 Å². The van der Waals surface area contributed by atoms with Gasteiger partial charge in [-0.3, -0.25) is 0 Å². The van der Waals surface area contributed by atoms with Crippen LogP contribution in [0.25, 0.3) is 0 Å². The minimum atomic E-state index is -4.34. The number of hydrogen-bond donors (Lipinski definition) is 1. The summed E-state index contributed by atoms with van der Waals surface area (Å²) in [6.07, 6.45) is -3.54. The topological polar surface area (TPSA) is 38.4 Å². The van der Waals surface area contributed by atoms with E-state index in [-0.39, 0.29) is 5.25 Å². The Bertz CT molecular complexity index is 468. The van der Waals surface area contributed by atoms with E-state index in [9.17, 15) is 13.2 Å². The van der Waals surface area contributed by atoms with Gasteiger partial charge in [0.25, 0.3) is 0 Å². The molecule has 1 aromatic rings. The third kappa shape index (κ3) is 2.41. The van der Waals surface area contributed by atoms with E-state index in [1.807, 2.05) is 6.92 Å². The molecule has 17 heavy (non-hydrogen) atoms. The molecule has 1 unspecified atom stereocenters. The number of thioether (sulfide) groups is 1. The molecule has 2 nitrogen and oxygen atoms in total. The second-order valence-corrected chi connectivity index (χ2v) is 4.98. The third-order valence-corrected chi connectivity index (χ3v) is 3.96. The van der Waals surface area contributed by atoms with Crippen LogP contribution in [0.4, 0.5) is 18.9 Å². The molecule has 1 aliphatic rings. The number of benzene rings is 1. The number of nitrogens with zero attached hydrogens (tertiary/aromatic N) is 1. The lowest BCUT2D eigenvalue weighted by atomic mass is 10.2. The van der Waals surface area contributed by atoms with Gasteiger partial charge in [-0.05, 0) is 24.6 Å². The maximum Gasteiger partial charge on any atom is 0.416 e. The summed E-state index contributed by atoms with van der Waals surface area (Å²) in [4.78, 5) is 4.79. The molecule has 6 heteroatoms. The molecule has 0 aromatic heterocycles. The van der Waals surface area contributed by atoms with Gasteiger partial charge in [-0.2, -0.15) is 13.2 Å². The zero-order valence-electron chi connectivity index (χ0n) is 9.08. The van der Waals surface area contributed by atoms with Crippen molar-refractivity contribution in [1.82, 2.24) is 0 Å². The quantitative estimate of drug-likeness (QED) is 0.838. The molecule has 1 atom stereocenters. The third-order valence-electron chi connectivity index (χ3n) is 2.51. The highest BCUT2D eigenvalue weighted by atomic mass is 32.2. The number of rotatable bonds is 1. The van der Waals surface area contributed by atoms with Crippen molar-refractivity contribution in [3.05, 3.63) is 23.8 Å². The largest absolute Gasteiger partial charge is 0.416 e. The van der Waals surface area contributed by atoms with E-state index in [1.165, 1.54) is 17.8 Å². The van der Waals surface area contributed by atoms with E-state index in [0.717, 1.165) is 23.4 Å². The highest BCUT2D eigenvalue weighted by molar-refractivity contribution is 8.00. The molecule has 2 N–H and O–H groups in total. The van der Waals surface area contributed by atoms with E-state index in [4.69, 9.17) is 5.73 Å². The van der Waals surface area contributed by atoms with Gasteiger partial charge in [0, 0.05) is 4.90 Å². The van der Waals surface area contributed by atoms with Crippen LogP contribution in [-0.4, -0.2) is 11.1 Å². The molecule has 2 rings (SSSR count). The zero-order chi connectivity index (χ0) is 12.6. The van der Waals surface area contributed by atoms with Gasteiger partial charge in [0.1, 0.15) is 5.84 Å². The van der Waals surface area contributed by atoms with Crippen molar-refractivity contribution in [2.75, 3.05) is 0 Å². The Morgan fingerprint density at radius 2 is 2.12 bits per heavy atom. The molecule has 0 bridgehead atoms. The molecule has 0 spiro atoms. The summed E-state index contributed by atoms with van der Waals surface area (Å²) in [6.45, 7) is 1.97. The molecule has 1 aliphatic heterocycles. The fraction of sp³-hybridized carbons (Fsp3) is 0.364. The van der Waals surface area contributed by atoms with Crippen LogP contribution >= 0.6 is 11.8 Å². The SMILES string of the molecule is CCC1Sc2ccc(C(F)(F)F)cc2N=C1N. The summed E-state index contributed by atoms with van der Waals surface area (Å²) in [7, 11) is 0. The van der Waals surface area contributed by atoms with Gasteiger partial charge < -0.3 is 5.73 Å². The lowest BCUT2D eigenvalue weighted by molar-refractivity contribution is -0.137. The Labute approximate surface area is 101 Å². The number of nitrogens with two attached hydrogens (primary N) is 1. The van der Waals surface area contributed by atoms with Gasteiger partial charge in [0.15, 0.2) is 0 Å². The molecular weight excluding hydrogens is 249 g/mol. The average Bonchev–Trinajstić information content (AvgIpc) is 2.26. The average molecular weight is 260 g/mol. The molecule has 0 radical (unpaired) electrons. The van der Waals surface area contributed by atoms with Gasteiger partial charge in [-0.25, -0.2) is 4.99 Å². The molecule has 92 valence electrons. The molecule has 0 saturated heterocycles. The first kappa shape index (κ1) is 12.3. The van der Waals surface area contributed by atoms with E-state index in [0.29, 0.717) is 11.5 Å². The summed E-state index contributed by atoms with van der Waals surface area (Å²) in [5.41, 5.74) is 5.33. The Kier molecular flexibility index (Phi) is 3.07. The number of fused-ring (bicyclic) bond motifs is 1. The molecule has 0 saturated carbocycles. The van der Waals surface area contributed by atoms with E-state index in [2.05, 4.69) is 4.99 Å². The molecule has 0 aliphatic carbocycles. The van der Waals surface area contributed by atoms with Crippen LogP contribution in [0.1, 0.15) is 18.9 Å². The predicted octanol–water partition coefficient (Wildman–Crippen LogP) is 3.58. The first-order valence-electron chi connectivity index (χ1n) is 5.13. The van der Waals surface area contributed by atoms with Crippen LogP contribution < -0.4 is 5.73 Å². The Morgan fingerprint density at radius 1 is 1.41 bits per heavy atom. The van der Waals surface area contributed by atoms with E-state index < -0.39 is 11.7 Å². The Hall–Kier alpha value is -1.17. The molecule has 1 aromatic carbocycles. The first-order valence-corrected chi connectivity index (χ1v) is 6.01. The minimum absolute atomic E-state index is 0.0548. The molecule has 0 amide bonds. The normalized spacial score (nSPS) is 19.8. The fourth-order valence-corrected chi connectivity index (χ4v) is 2.62. The number of halogens is 3. The van der Waals surface area contributed by atoms with Crippen LogP contribution in [0.2, 0.25) is 0 Å². The van der Waals surface area contributed by atoms with Gasteiger partial charge in [-0.1, -0.05) is 6.92 Å². The zero-order valence-corrected chi connectivity index (χ0v) is 9.90. The summed E-state index contributed by atoms with van der Waals surface area (Å²) < 4.78 is 37.5. The second kappa shape index (κ2) is 4.25. The Morgan fingerprint density at radius 3 is 2.71 bits per heavy atom. The van der Waals surface area contributed by atoms with Gasteiger partial charge >= 0.3 is 6.18 Å². The summed E-state index contributed by atoms with van der Waals surface area (Å²) in [5, 5.41) is 0.0548. The van der Waals surface area contributed by atoms with Crippen molar-refractivity contribution in [3.8, 4) is 0 Å². The first-order chi connectivity index (χ1) is 7.91. The number of alkyl halides is 3. The molecule has 0 fully saturated rings. The standard InChI is InChI=1S/C11H11F3N2S/c1-2-8-10(15)16-7-5-6(11(12,13)14)3-4-9(7)17-8/h3-5,8H,2H2,1H3,(H2,15,16). The van der Waals surface area contributed by atoms with Crippen LogP contribution in [0, 0.1) is 0 Å². The van der Waals surface area contributed by atoms with Crippen LogP contribution in [-0.2, 0) is 6.18 Å². The van der Waals surface area contributed by atoms with Gasteiger partial charge in [-0.15, -0.1) is 11.8 Å². The molecular formula is C11H11F3N2S. The monoisotopic (exact) mass is 260 g/mol. The lowest BCUT2D eigenvalue weighted by Gasteiger charge is -2.21. The second-order valence-electron chi connectivity index (χ2n) is 3.73. The van der Waals surface area contributed by atoms with Gasteiger partial charge in [0.05, 0.1) is 16.5 Å². The lowest BCUT2D eigenvalue weighted by Crippen LogP contribution is -2.27. The number of aliphatic imine (C=N–C) groups is 1. The summed E-state index contributed by atoms with van der Waals surface area (Å²) in [6, 6.07) is 3.58. The fourth-order valence-electron chi connectivity index (χ4n) is 1.60. The van der Waals surface area contributed by atoms with Gasteiger partial charge in [0.2, 0.25) is 0 Å². The van der Waals surface area contributed by atoms with Crippen molar-refractivity contribution in [3.63, 3.8) is 0 Å². The van der Waals surface area contributed by atoms with Crippen LogP contribution in [0.3, 0.4) is 0 Å². The number of amidine groups is 1. The highest BCUT2D eigenvalue weighted by Crippen LogP contribution is 2.41. The maximum absolute atomic E-state index is 12.5. The smallest absolute Gasteiger partial charge is 0.386 e. The van der Waals surface area contributed by atoms with Crippen LogP contribution in [0.15, 0.2) is 28.1 Å².